The van der Waals surface area contributed by atoms with Gasteiger partial charge in [0.2, 0.25) is 5.91 Å². The van der Waals surface area contributed by atoms with Crippen molar-refractivity contribution in [1.82, 2.24) is 4.98 Å². The number of carbonyl (C=O) groups is 1. The minimum Gasteiger partial charge on any atom is -0.441 e. The molecule has 1 aliphatic heterocycles. The lowest BCUT2D eigenvalue weighted by molar-refractivity contribution is -0.116. The molecule has 31 heavy (non-hydrogen) atoms. The molecule has 0 radical (unpaired) electrons. The third-order valence-electron chi connectivity index (χ3n) is 5.25. The van der Waals surface area contributed by atoms with Crippen LogP contribution in [0.1, 0.15) is 31.6 Å². The van der Waals surface area contributed by atoms with E-state index in [1.807, 2.05) is 0 Å². The van der Waals surface area contributed by atoms with Crippen molar-refractivity contribution in [3.63, 3.8) is 0 Å². The Morgan fingerprint density at radius 1 is 1.03 bits per heavy atom. The van der Waals surface area contributed by atoms with E-state index in [1.165, 1.54) is 30.8 Å². The van der Waals surface area contributed by atoms with Gasteiger partial charge in [-0.2, -0.15) is 0 Å². The molecule has 162 valence electrons. The Hall–Kier alpha value is -3.29. The number of rotatable bonds is 6. The van der Waals surface area contributed by atoms with Crippen molar-refractivity contribution < 1.29 is 22.4 Å². The molecule has 1 amide bonds. The van der Waals surface area contributed by atoms with Crippen LogP contribution in [0.5, 0.6) is 0 Å². The fourth-order valence-corrected chi connectivity index (χ4v) is 3.69. The minimum absolute atomic E-state index is 0.0573. The maximum Gasteiger partial charge on any atom is 0.224 e. The summed E-state index contributed by atoms with van der Waals surface area (Å²) in [4.78, 5) is 18.7. The summed E-state index contributed by atoms with van der Waals surface area (Å²) in [5.41, 5.74) is 1.34. The topological polar surface area (TPSA) is 58.4 Å². The van der Waals surface area contributed by atoms with Gasteiger partial charge < -0.3 is 14.6 Å². The Balaban J connectivity index is 1.40. The van der Waals surface area contributed by atoms with Gasteiger partial charge in [0.1, 0.15) is 17.5 Å². The Bertz CT molecular complexity index is 1080. The van der Waals surface area contributed by atoms with Gasteiger partial charge in [-0.3, -0.25) is 4.79 Å². The molecule has 4 rings (SSSR count). The number of nitrogens with zero attached hydrogens (tertiary/aromatic N) is 2. The van der Waals surface area contributed by atoms with Crippen molar-refractivity contribution in [2.75, 3.05) is 23.3 Å². The summed E-state index contributed by atoms with van der Waals surface area (Å²) in [6, 6.07) is 7.57. The van der Waals surface area contributed by atoms with Crippen LogP contribution in [0, 0.1) is 17.5 Å². The molecule has 0 unspecified atom stereocenters. The highest BCUT2D eigenvalue weighted by Gasteiger charge is 2.17. The van der Waals surface area contributed by atoms with Gasteiger partial charge in [-0.05, 0) is 49.6 Å². The molecule has 2 aromatic carbocycles. The largest absolute Gasteiger partial charge is 0.441 e. The lowest BCUT2D eigenvalue weighted by Crippen LogP contribution is -2.30. The van der Waals surface area contributed by atoms with Crippen LogP contribution in [0.15, 0.2) is 47.0 Å². The van der Waals surface area contributed by atoms with Crippen LogP contribution < -0.4 is 10.2 Å². The molecule has 0 atom stereocenters. The van der Waals surface area contributed by atoms with Crippen LogP contribution in [0.3, 0.4) is 0 Å². The first-order valence-electron chi connectivity index (χ1n) is 10.2. The zero-order chi connectivity index (χ0) is 21.8. The molecule has 0 saturated carbocycles. The molecule has 1 aromatic heterocycles. The van der Waals surface area contributed by atoms with E-state index in [9.17, 15) is 18.0 Å². The van der Waals surface area contributed by atoms with Gasteiger partial charge in [0, 0.05) is 32.0 Å². The van der Waals surface area contributed by atoms with Gasteiger partial charge in [0.25, 0.3) is 0 Å². The lowest BCUT2D eigenvalue weighted by Gasteiger charge is -2.30. The third kappa shape index (κ3) is 5.07. The fraction of sp³-hybridized carbons (Fsp3) is 0.304. The average Bonchev–Trinajstić information content (AvgIpc) is 3.22. The number of halogens is 3. The molecular weight excluding hydrogens is 407 g/mol. The van der Waals surface area contributed by atoms with Gasteiger partial charge in [0.15, 0.2) is 11.7 Å². The van der Waals surface area contributed by atoms with Gasteiger partial charge in [-0.15, -0.1) is 0 Å². The molecule has 5 nitrogen and oxygen atoms in total. The maximum absolute atomic E-state index is 13.9. The molecule has 3 aromatic rings. The van der Waals surface area contributed by atoms with E-state index in [1.54, 1.807) is 6.07 Å². The van der Waals surface area contributed by atoms with E-state index in [0.29, 0.717) is 5.69 Å². The molecule has 1 saturated heterocycles. The highest BCUT2D eigenvalue weighted by atomic mass is 19.1. The number of hydrogen-bond acceptors (Lipinski definition) is 4. The summed E-state index contributed by atoms with van der Waals surface area (Å²) >= 11 is 0. The predicted molar refractivity (Wildman–Crippen MR) is 111 cm³/mol. The number of aromatic nitrogens is 1. The van der Waals surface area contributed by atoms with Crippen LogP contribution in [0.25, 0.3) is 11.3 Å². The number of anilines is 2. The summed E-state index contributed by atoms with van der Waals surface area (Å²) in [5.74, 6) is -1.75. The Morgan fingerprint density at radius 3 is 2.55 bits per heavy atom. The molecule has 0 aliphatic carbocycles. The summed E-state index contributed by atoms with van der Waals surface area (Å²) in [7, 11) is 0. The van der Waals surface area contributed by atoms with Crippen LogP contribution in [0.2, 0.25) is 0 Å². The first-order valence-corrected chi connectivity index (χ1v) is 10.2. The second-order valence-corrected chi connectivity index (χ2v) is 7.50. The van der Waals surface area contributed by atoms with Gasteiger partial charge in [-0.25, -0.2) is 18.2 Å². The predicted octanol–water partition coefficient (Wildman–Crippen LogP) is 5.32. The molecular formula is C23H22F3N3O2. The molecule has 1 N–H and O–H groups in total. The zero-order valence-corrected chi connectivity index (χ0v) is 16.8. The van der Waals surface area contributed by atoms with Gasteiger partial charge in [0.05, 0.1) is 23.1 Å². The van der Waals surface area contributed by atoms with E-state index in [-0.39, 0.29) is 36.0 Å². The number of nitrogens with one attached hydrogen (secondary N) is 1. The second kappa shape index (κ2) is 9.24. The highest BCUT2D eigenvalue weighted by molar-refractivity contribution is 5.94. The monoisotopic (exact) mass is 429 g/mol. The highest BCUT2D eigenvalue weighted by Crippen LogP contribution is 2.30. The van der Waals surface area contributed by atoms with Crippen molar-refractivity contribution in [2.24, 2.45) is 0 Å². The van der Waals surface area contributed by atoms with Crippen molar-refractivity contribution in [1.29, 1.82) is 0 Å². The summed E-state index contributed by atoms with van der Waals surface area (Å²) < 4.78 is 46.3. The average molecular weight is 429 g/mol. The van der Waals surface area contributed by atoms with Gasteiger partial charge in [-0.1, -0.05) is 0 Å². The molecule has 0 spiro atoms. The van der Waals surface area contributed by atoms with Crippen LogP contribution in [-0.4, -0.2) is 24.0 Å². The van der Waals surface area contributed by atoms with Crippen LogP contribution in [-0.2, 0) is 11.2 Å². The SMILES string of the molecule is O=C(CCc1ncc(-c2ccc(F)cc2F)o1)Nc1cc(F)ccc1N1CCCCC1. The van der Waals surface area contributed by atoms with E-state index in [0.717, 1.165) is 43.8 Å². The van der Waals surface area contributed by atoms with Crippen LogP contribution >= 0.6 is 0 Å². The van der Waals surface area contributed by atoms with E-state index in [2.05, 4.69) is 15.2 Å². The maximum atomic E-state index is 13.9. The molecule has 1 fully saturated rings. The second-order valence-electron chi connectivity index (χ2n) is 7.50. The molecule has 8 heteroatoms. The minimum atomic E-state index is -0.753. The number of aryl methyl sites for hydroxylation is 1. The van der Waals surface area contributed by atoms with Crippen molar-refractivity contribution >= 4 is 17.3 Å². The Morgan fingerprint density at radius 2 is 1.77 bits per heavy atom. The van der Waals surface area contributed by atoms with Crippen LogP contribution in [0.4, 0.5) is 24.5 Å². The first kappa shape index (κ1) is 21.0. The number of carbonyl (C=O) groups excluding carboxylic acids is 1. The van der Waals surface area contributed by atoms with E-state index in [4.69, 9.17) is 4.42 Å². The molecule has 1 aliphatic rings. The Kier molecular flexibility index (Phi) is 6.25. The zero-order valence-electron chi connectivity index (χ0n) is 16.8. The van der Waals surface area contributed by atoms with Gasteiger partial charge >= 0.3 is 0 Å². The number of benzene rings is 2. The first-order chi connectivity index (χ1) is 15.0. The number of oxazole rings is 1. The van der Waals surface area contributed by atoms with E-state index < -0.39 is 17.5 Å². The quantitative estimate of drug-likeness (QED) is 0.576. The van der Waals surface area contributed by atoms with Crippen molar-refractivity contribution in [2.45, 2.75) is 32.1 Å². The molecule has 0 bridgehead atoms. The summed E-state index contributed by atoms with van der Waals surface area (Å²) in [6.45, 7) is 1.74. The fourth-order valence-electron chi connectivity index (χ4n) is 3.69. The summed E-state index contributed by atoms with van der Waals surface area (Å²) in [6.07, 6.45) is 4.87. The number of amides is 1. The summed E-state index contributed by atoms with van der Waals surface area (Å²) in [5, 5.41) is 2.78. The third-order valence-corrected chi connectivity index (χ3v) is 5.25. The van der Waals surface area contributed by atoms with Crippen molar-refractivity contribution in [3.05, 3.63) is 65.9 Å². The van der Waals surface area contributed by atoms with Crippen molar-refractivity contribution in [3.8, 4) is 11.3 Å². The Labute approximate surface area is 177 Å². The number of piperidine rings is 1. The van der Waals surface area contributed by atoms with E-state index >= 15 is 0 Å². The number of hydrogen-bond donors (Lipinski definition) is 1. The lowest BCUT2D eigenvalue weighted by atomic mass is 10.1. The molecule has 2 heterocycles. The smallest absolute Gasteiger partial charge is 0.224 e. The normalized spacial score (nSPS) is 14.0. The standard InChI is InChI=1S/C23H22F3N3O2/c24-15-4-6-17(18(26)12-15)21-14-27-23(31-21)9-8-22(30)28-19-13-16(25)5-7-20(19)29-10-2-1-3-11-29/h4-7,12-14H,1-3,8-11H2,(H,28,30).